The van der Waals surface area contributed by atoms with E-state index in [0.717, 1.165) is 38.5 Å². The molecule has 0 heterocycles. The number of hydrogen-bond donors (Lipinski definition) is 0. The number of halogens is 4. The van der Waals surface area contributed by atoms with Gasteiger partial charge < -0.3 is 4.39 Å². The second-order valence-electron chi connectivity index (χ2n) is 4.14. The van der Waals surface area contributed by atoms with E-state index in [1.807, 2.05) is 0 Å². The van der Waals surface area contributed by atoms with Gasteiger partial charge in [-0.05, 0) is 6.42 Å². The average Bonchev–Trinajstić information content (AvgIpc) is 2.19. The molecule has 5 heteroatoms. The number of unbranched alkanes of at least 4 members (excludes halogenated alkanes) is 8. The Morgan fingerprint density at radius 2 is 1.12 bits per heavy atom. The normalized spacial score (nSPS) is 11.3. The standard InChI is InChI=1S/C12H21F4.Na/c13-11-9-7-5-3-1-2-4-6-8-10-12(14,15)16;/h11H,1-10H2;/q-1;+1. The quantitative estimate of drug-likeness (QED) is 0.246. The molecular formula is C12H21F4Na. The van der Waals surface area contributed by atoms with Gasteiger partial charge in [0.1, 0.15) is 0 Å². The zero-order valence-corrected chi connectivity index (χ0v) is 12.7. The van der Waals surface area contributed by atoms with Crippen molar-refractivity contribution in [2.24, 2.45) is 0 Å². The van der Waals surface area contributed by atoms with Gasteiger partial charge >= 0.3 is 35.7 Å². The van der Waals surface area contributed by atoms with Gasteiger partial charge in [0, 0.05) is 6.42 Å². The molecule has 0 fully saturated rings. The van der Waals surface area contributed by atoms with Crippen LogP contribution in [0, 0.1) is 6.67 Å². The summed E-state index contributed by atoms with van der Waals surface area (Å²) < 4.78 is 46.9. The molecule has 0 aliphatic carbocycles. The van der Waals surface area contributed by atoms with E-state index in [1.165, 1.54) is 0 Å². The van der Waals surface area contributed by atoms with Crippen LogP contribution in [0.15, 0.2) is 0 Å². The largest absolute Gasteiger partial charge is 1.00 e. The van der Waals surface area contributed by atoms with E-state index in [9.17, 15) is 17.6 Å². The second-order valence-corrected chi connectivity index (χ2v) is 4.14. The van der Waals surface area contributed by atoms with Crippen LogP contribution in [-0.2, 0) is 0 Å². The molecule has 0 atom stereocenters. The van der Waals surface area contributed by atoms with E-state index < -0.39 is 12.6 Å². The molecule has 0 saturated carbocycles. The minimum atomic E-state index is -4.00. The smallest absolute Gasteiger partial charge is 0.459 e. The first-order valence-electron chi connectivity index (χ1n) is 6.05. The van der Waals surface area contributed by atoms with Gasteiger partial charge in [-0.2, -0.15) is 26.3 Å². The van der Waals surface area contributed by atoms with E-state index in [1.54, 1.807) is 0 Å². The topological polar surface area (TPSA) is 0 Å². The van der Waals surface area contributed by atoms with Gasteiger partial charge in [-0.3, -0.25) is 0 Å². The molecule has 0 bridgehead atoms. The fraction of sp³-hybridized carbons (Fsp3) is 0.917. The summed E-state index contributed by atoms with van der Waals surface area (Å²) in [5.41, 5.74) is 0. The summed E-state index contributed by atoms with van der Waals surface area (Å²) >= 11 is 0. The van der Waals surface area contributed by atoms with Gasteiger partial charge in [0.15, 0.2) is 0 Å². The van der Waals surface area contributed by atoms with E-state index in [-0.39, 0.29) is 36.0 Å². The third-order valence-corrected chi connectivity index (χ3v) is 2.52. The fourth-order valence-corrected chi connectivity index (χ4v) is 1.61. The zero-order chi connectivity index (χ0) is 12.3. The number of rotatable bonds is 10. The van der Waals surface area contributed by atoms with Crippen LogP contribution in [0.3, 0.4) is 0 Å². The van der Waals surface area contributed by atoms with E-state index in [4.69, 9.17) is 0 Å². The van der Waals surface area contributed by atoms with Crippen LogP contribution in [-0.4, -0.2) is 6.18 Å². The minimum absolute atomic E-state index is 0. The Morgan fingerprint density at radius 1 is 0.706 bits per heavy atom. The Kier molecular flexibility index (Phi) is 15.5. The first kappa shape index (κ1) is 20.0. The maximum absolute atomic E-state index is 11.8. The molecule has 0 aromatic heterocycles. The van der Waals surface area contributed by atoms with E-state index in [2.05, 4.69) is 0 Å². The molecule has 0 aliphatic rings. The van der Waals surface area contributed by atoms with Crippen molar-refractivity contribution in [1.29, 1.82) is 0 Å². The fourth-order valence-electron chi connectivity index (χ4n) is 1.61. The predicted molar refractivity (Wildman–Crippen MR) is 57.6 cm³/mol. The Hall–Kier alpha value is 0.720. The molecule has 0 nitrogen and oxygen atoms in total. The molecule has 0 spiro atoms. The van der Waals surface area contributed by atoms with Crippen LogP contribution in [0.25, 0.3) is 0 Å². The summed E-state index contributed by atoms with van der Waals surface area (Å²) in [7, 11) is 0. The molecular weight excluding hydrogens is 243 g/mol. The first-order chi connectivity index (χ1) is 7.56. The Balaban J connectivity index is 0. The average molecular weight is 264 g/mol. The van der Waals surface area contributed by atoms with Gasteiger partial charge in [-0.1, -0.05) is 44.9 Å². The zero-order valence-electron chi connectivity index (χ0n) is 10.7. The van der Waals surface area contributed by atoms with Crippen molar-refractivity contribution in [3.8, 4) is 0 Å². The van der Waals surface area contributed by atoms with E-state index in [0.29, 0.717) is 19.5 Å². The monoisotopic (exact) mass is 264 g/mol. The first-order valence-corrected chi connectivity index (χ1v) is 6.05. The third-order valence-electron chi connectivity index (χ3n) is 2.52. The third kappa shape index (κ3) is 19.2. The molecule has 0 saturated heterocycles. The summed E-state index contributed by atoms with van der Waals surface area (Å²) in [6.45, 7) is 0.678. The predicted octanol–water partition coefficient (Wildman–Crippen LogP) is 2.58. The molecule has 0 N–H and O–H groups in total. The molecule has 0 rings (SSSR count). The van der Waals surface area contributed by atoms with Crippen molar-refractivity contribution in [2.45, 2.75) is 70.4 Å². The number of alkyl halides is 3. The molecule has 0 unspecified atom stereocenters. The minimum Gasteiger partial charge on any atom is -0.459 e. The second kappa shape index (κ2) is 13.2. The van der Waals surface area contributed by atoms with Gasteiger partial charge in [0.2, 0.25) is 0 Å². The van der Waals surface area contributed by atoms with Crippen LogP contribution in [0.2, 0.25) is 0 Å². The van der Waals surface area contributed by atoms with Crippen molar-refractivity contribution in [3.05, 3.63) is 6.67 Å². The van der Waals surface area contributed by atoms with Crippen LogP contribution in [0.4, 0.5) is 17.6 Å². The molecule has 0 aromatic carbocycles. The summed E-state index contributed by atoms with van der Waals surface area (Å²) in [6, 6.07) is 0. The van der Waals surface area contributed by atoms with Gasteiger partial charge in [0.25, 0.3) is 0 Å². The SMILES string of the molecule is F[CH-]CCCCCCCCCCC(F)(F)F.[Na+]. The van der Waals surface area contributed by atoms with Crippen LogP contribution in [0.5, 0.6) is 0 Å². The number of hydrogen-bond acceptors (Lipinski definition) is 0. The molecule has 0 amide bonds. The Morgan fingerprint density at radius 3 is 1.53 bits per heavy atom. The Bertz CT molecular complexity index is 148. The maximum atomic E-state index is 11.8. The molecule has 0 aromatic rings. The summed E-state index contributed by atoms with van der Waals surface area (Å²) in [6.07, 6.45) is 2.67. The van der Waals surface area contributed by atoms with Crippen molar-refractivity contribution in [3.63, 3.8) is 0 Å². The van der Waals surface area contributed by atoms with Crippen LogP contribution in [0.1, 0.15) is 64.2 Å². The molecule has 98 valence electrons. The van der Waals surface area contributed by atoms with Gasteiger partial charge in [-0.25, -0.2) is 0 Å². The van der Waals surface area contributed by atoms with Crippen molar-refractivity contribution >= 4 is 0 Å². The molecule has 0 radical (unpaired) electrons. The van der Waals surface area contributed by atoms with Gasteiger partial charge in [0.05, 0.1) is 0 Å². The molecule has 0 aliphatic heterocycles. The van der Waals surface area contributed by atoms with Gasteiger partial charge in [-0.15, -0.1) is 0 Å². The Labute approximate surface area is 124 Å². The summed E-state index contributed by atoms with van der Waals surface area (Å²) in [4.78, 5) is 0. The van der Waals surface area contributed by atoms with E-state index >= 15 is 0 Å². The van der Waals surface area contributed by atoms with Crippen molar-refractivity contribution < 1.29 is 47.1 Å². The summed E-state index contributed by atoms with van der Waals surface area (Å²) in [5, 5.41) is 0. The maximum Gasteiger partial charge on any atom is 1.00 e. The summed E-state index contributed by atoms with van der Waals surface area (Å²) in [5.74, 6) is 0. The molecule has 17 heavy (non-hydrogen) atoms. The van der Waals surface area contributed by atoms with Crippen molar-refractivity contribution in [1.82, 2.24) is 0 Å². The van der Waals surface area contributed by atoms with Crippen molar-refractivity contribution in [2.75, 3.05) is 0 Å². The van der Waals surface area contributed by atoms with Crippen LogP contribution < -0.4 is 29.6 Å². The van der Waals surface area contributed by atoms with Crippen LogP contribution >= 0.6 is 0 Å².